The van der Waals surface area contributed by atoms with Gasteiger partial charge in [-0.05, 0) is 48.2 Å². The van der Waals surface area contributed by atoms with Crippen LogP contribution < -0.4 is 15.1 Å². The van der Waals surface area contributed by atoms with Crippen molar-refractivity contribution in [3.63, 3.8) is 0 Å². The van der Waals surface area contributed by atoms with E-state index in [9.17, 15) is 9.59 Å². The van der Waals surface area contributed by atoms with Crippen LogP contribution in [0.2, 0.25) is 0 Å². The molecule has 0 saturated carbocycles. The molecule has 2 aliphatic rings. The van der Waals surface area contributed by atoms with Crippen molar-refractivity contribution in [2.24, 2.45) is 5.92 Å². The van der Waals surface area contributed by atoms with Crippen molar-refractivity contribution in [2.75, 3.05) is 48.0 Å². The van der Waals surface area contributed by atoms with Crippen molar-refractivity contribution in [3.05, 3.63) is 54.1 Å². The van der Waals surface area contributed by atoms with Crippen LogP contribution in [0.25, 0.3) is 0 Å². The van der Waals surface area contributed by atoms with Gasteiger partial charge >= 0.3 is 0 Å². The number of ether oxygens (including phenoxy) is 1. The highest BCUT2D eigenvalue weighted by molar-refractivity contribution is 6.04. The lowest BCUT2D eigenvalue weighted by Crippen LogP contribution is -2.36. The van der Waals surface area contributed by atoms with Crippen molar-refractivity contribution in [2.45, 2.75) is 32.6 Å². The van der Waals surface area contributed by atoms with E-state index < -0.39 is 0 Å². The third-order valence-electron chi connectivity index (χ3n) is 6.38. The quantitative estimate of drug-likeness (QED) is 0.765. The molecule has 1 N–H and O–H groups in total. The molecular weight excluding hydrogens is 390 g/mol. The van der Waals surface area contributed by atoms with Gasteiger partial charge in [0.2, 0.25) is 11.8 Å². The molecule has 164 valence electrons. The van der Waals surface area contributed by atoms with Gasteiger partial charge < -0.3 is 19.9 Å². The lowest BCUT2D eigenvalue weighted by atomic mass is 9.96. The Morgan fingerprint density at radius 1 is 1.13 bits per heavy atom. The van der Waals surface area contributed by atoms with E-state index in [1.54, 1.807) is 4.90 Å². The highest BCUT2D eigenvalue weighted by Crippen LogP contribution is 2.33. The fourth-order valence-corrected chi connectivity index (χ4v) is 4.31. The van der Waals surface area contributed by atoms with Gasteiger partial charge in [-0.2, -0.15) is 0 Å². The van der Waals surface area contributed by atoms with Crippen molar-refractivity contribution in [1.82, 2.24) is 0 Å². The number of rotatable bonds is 6. The van der Waals surface area contributed by atoms with Crippen LogP contribution in [0.5, 0.6) is 0 Å². The van der Waals surface area contributed by atoms with Gasteiger partial charge in [-0.1, -0.05) is 32.0 Å². The lowest BCUT2D eigenvalue weighted by Gasteiger charge is -2.29. The molecule has 2 aromatic rings. The van der Waals surface area contributed by atoms with E-state index in [2.05, 4.69) is 30.1 Å². The number of carbonyl (C=O) groups excluding carboxylic acids is 2. The van der Waals surface area contributed by atoms with E-state index in [4.69, 9.17) is 4.74 Å². The summed E-state index contributed by atoms with van der Waals surface area (Å²) in [5.41, 5.74) is 3.99. The summed E-state index contributed by atoms with van der Waals surface area (Å²) < 4.78 is 5.40. The number of nitrogens with one attached hydrogen (secondary N) is 1. The number of hydrogen-bond donors (Lipinski definition) is 1. The minimum atomic E-state index is -0.351. The number of morpholine rings is 1. The first-order chi connectivity index (χ1) is 15.1. The number of para-hydroxylation sites is 1. The van der Waals surface area contributed by atoms with Crippen molar-refractivity contribution in [1.29, 1.82) is 0 Å². The Bertz CT molecular complexity index is 922. The molecule has 2 heterocycles. The number of hydrogen-bond acceptors (Lipinski definition) is 4. The molecule has 0 bridgehead atoms. The van der Waals surface area contributed by atoms with E-state index in [0.717, 1.165) is 55.3 Å². The molecule has 2 amide bonds. The van der Waals surface area contributed by atoms with Crippen LogP contribution >= 0.6 is 0 Å². The monoisotopic (exact) mass is 421 g/mol. The van der Waals surface area contributed by atoms with Crippen molar-refractivity contribution >= 4 is 28.9 Å². The Balaban J connectivity index is 1.41. The summed E-state index contributed by atoms with van der Waals surface area (Å²) in [4.78, 5) is 29.7. The maximum Gasteiger partial charge on any atom is 0.229 e. The van der Waals surface area contributed by atoms with Crippen LogP contribution in [0.4, 0.5) is 17.1 Å². The minimum Gasteiger partial charge on any atom is -0.378 e. The summed E-state index contributed by atoms with van der Waals surface area (Å²) in [7, 11) is 0. The number of carbonyl (C=O) groups is 2. The molecule has 2 atom stereocenters. The molecule has 4 rings (SSSR count). The second-order valence-electron chi connectivity index (χ2n) is 8.41. The fraction of sp³-hybridized carbons (Fsp3) is 0.440. The lowest BCUT2D eigenvalue weighted by molar-refractivity contribution is -0.122. The van der Waals surface area contributed by atoms with Gasteiger partial charge in [-0.25, -0.2) is 0 Å². The first kappa shape index (κ1) is 21.4. The number of benzene rings is 2. The summed E-state index contributed by atoms with van der Waals surface area (Å²) in [5.74, 6) is -0.0761. The second kappa shape index (κ2) is 9.52. The van der Waals surface area contributed by atoms with Crippen LogP contribution in [-0.4, -0.2) is 44.7 Å². The standard InChI is InChI=1S/C25H31N3O3/c1-3-18(2)22-6-4-5-7-23(22)28-17-19(16-24(28)29)25(30)26-20-8-10-21(11-9-20)27-12-14-31-15-13-27/h4-11,18-19H,3,12-17H2,1-2H3,(H,26,30)/t18-,19+/m0/s1. The molecule has 0 unspecified atom stereocenters. The number of nitrogens with zero attached hydrogens (tertiary/aromatic N) is 2. The average molecular weight is 422 g/mol. The van der Waals surface area contributed by atoms with Gasteiger partial charge in [0, 0.05) is 43.1 Å². The van der Waals surface area contributed by atoms with E-state index >= 15 is 0 Å². The first-order valence-electron chi connectivity index (χ1n) is 11.2. The highest BCUT2D eigenvalue weighted by atomic mass is 16.5. The molecule has 2 aliphatic heterocycles. The molecule has 0 aliphatic carbocycles. The Labute approximate surface area is 184 Å². The SMILES string of the molecule is CC[C@H](C)c1ccccc1N1C[C@H](C(=O)Nc2ccc(N3CCOCC3)cc2)CC1=O. The average Bonchev–Trinajstić information content (AvgIpc) is 3.21. The first-order valence-corrected chi connectivity index (χ1v) is 11.2. The summed E-state index contributed by atoms with van der Waals surface area (Å²) in [5, 5.41) is 2.99. The van der Waals surface area contributed by atoms with Gasteiger partial charge in [-0.3, -0.25) is 9.59 Å². The molecule has 31 heavy (non-hydrogen) atoms. The highest BCUT2D eigenvalue weighted by Gasteiger charge is 2.36. The van der Waals surface area contributed by atoms with Gasteiger partial charge in [0.15, 0.2) is 0 Å². The smallest absolute Gasteiger partial charge is 0.229 e. The Hall–Kier alpha value is -2.86. The van der Waals surface area contributed by atoms with E-state index in [1.807, 2.05) is 42.5 Å². The Kier molecular flexibility index (Phi) is 6.56. The normalized spacial score (nSPS) is 20.1. The zero-order valence-electron chi connectivity index (χ0n) is 18.3. The van der Waals surface area contributed by atoms with Gasteiger partial charge in [0.25, 0.3) is 0 Å². The predicted molar refractivity (Wildman–Crippen MR) is 124 cm³/mol. The van der Waals surface area contributed by atoms with Crippen LogP contribution in [0, 0.1) is 5.92 Å². The Morgan fingerprint density at radius 3 is 2.55 bits per heavy atom. The van der Waals surface area contributed by atoms with Crippen LogP contribution in [0.3, 0.4) is 0 Å². The molecule has 0 aromatic heterocycles. The largest absolute Gasteiger partial charge is 0.378 e. The summed E-state index contributed by atoms with van der Waals surface area (Å²) in [6.07, 6.45) is 1.25. The molecule has 0 radical (unpaired) electrons. The maximum absolute atomic E-state index is 12.9. The van der Waals surface area contributed by atoms with Crippen LogP contribution in [-0.2, 0) is 14.3 Å². The molecule has 2 saturated heterocycles. The number of amides is 2. The third kappa shape index (κ3) is 4.74. The zero-order valence-corrected chi connectivity index (χ0v) is 18.3. The minimum absolute atomic E-state index is 0.0126. The van der Waals surface area contributed by atoms with E-state index in [-0.39, 0.29) is 24.2 Å². The third-order valence-corrected chi connectivity index (χ3v) is 6.38. The summed E-state index contributed by atoms with van der Waals surface area (Å²) >= 11 is 0. The van der Waals surface area contributed by atoms with Gasteiger partial charge in [0.1, 0.15) is 0 Å². The molecular formula is C25H31N3O3. The predicted octanol–water partition coefficient (Wildman–Crippen LogP) is 4.03. The van der Waals surface area contributed by atoms with Crippen molar-refractivity contribution < 1.29 is 14.3 Å². The molecule has 6 nitrogen and oxygen atoms in total. The molecule has 0 spiro atoms. The van der Waals surface area contributed by atoms with Gasteiger partial charge in [0.05, 0.1) is 19.1 Å². The topological polar surface area (TPSA) is 61.9 Å². The summed E-state index contributed by atoms with van der Waals surface area (Å²) in [6, 6.07) is 15.9. The van der Waals surface area contributed by atoms with Crippen LogP contribution in [0.15, 0.2) is 48.5 Å². The summed E-state index contributed by atoms with van der Waals surface area (Å²) in [6.45, 7) is 7.98. The van der Waals surface area contributed by atoms with E-state index in [0.29, 0.717) is 12.5 Å². The molecule has 6 heteroatoms. The van der Waals surface area contributed by atoms with Crippen molar-refractivity contribution in [3.8, 4) is 0 Å². The number of anilines is 3. The molecule has 2 fully saturated rings. The second-order valence-corrected chi connectivity index (χ2v) is 8.41. The van der Waals surface area contributed by atoms with Gasteiger partial charge in [-0.15, -0.1) is 0 Å². The zero-order chi connectivity index (χ0) is 21.8. The maximum atomic E-state index is 12.9. The van der Waals surface area contributed by atoms with Crippen LogP contribution in [0.1, 0.15) is 38.2 Å². The Morgan fingerprint density at radius 2 is 1.84 bits per heavy atom. The van der Waals surface area contributed by atoms with E-state index in [1.165, 1.54) is 0 Å². The molecule has 2 aromatic carbocycles. The fourth-order valence-electron chi connectivity index (χ4n) is 4.31.